The molecule has 0 saturated carbocycles. The van der Waals surface area contributed by atoms with E-state index in [1.807, 2.05) is 0 Å². The van der Waals surface area contributed by atoms with Crippen molar-refractivity contribution in [1.29, 1.82) is 0 Å². The number of anilines is 3. The lowest BCUT2D eigenvalue weighted by Crippen LogP contribution is -2.32. The van der Waals surface area contributed by atoms with Crippen molar-refractivity contribution < 1.29 is 4.74 Å². The van der Waals surface area contributed by atoms with Crippen molar-refractivity contribution in [3.8, 4) is 0 Å². The molecule has 1 aliphatic rings. The molecule has 0 bridgehead atoms. The highest BCUT2D eigenvalue weighted by Crippen LogP contribution is 2.18. The second-order valence-corrected chi connectivity index (χ2v) is 4.08. The zero-order valence-corrected chi connectivity index (χ0v) is 9.31. The zero-order valence-electron chi connectivity index (χ0n) is 9.31. The average molecular weight is 223 g/mol. The molecule has 1 aliphatic heterocycles. The molecule has 6 nitrogen and oxygen atoms in total. The Morgan fingerprint density at radius 3 is 2.94 bits per heavy atom. The average Bonchev–Trinajstić information content (AvgIpc) is 2.15. The van der Waals surface area contributed by atoms with Crippen LogP contribution in [0.2, 0.25) is 0 Å². The van der Waals surface area contributed by atoms with E-state index in [0.717, 1.165) is 19.4 Å². The van der Waals surface area contributed by atoms with Crippen LogP contribution in [0.4, 0.5) is 17.6 Å². The fourth-order valence-corrected chi connectivity index (χ4v) is 1.90. The van der Waals surface area contributed by atoms with Crippen molar-refractivity contribution in [2.24, 2.45) is 0 Å². The van der Waals surface area contributed by atoms with E-state index in [1.54, 1.807) is 6.07 Å². The molecular weight excluding hydrogens is 206 g/mol. The van der Waals surface area contributed by atoms with E-state index in [9.17, 15) is 0 Å². The molecule has 1 fully saturated rings. The van der Waals surface area contributed by atoms with Gasteiger partial charge < -0.3 is 21.5 Å². The third-order valence-corrected chi connectivity index (χ3v) is 2.60. The molecule has 2 rings (SSSR count). The first-order valence-corrected chi connectivity index (χ1v) is 5.41. The van der Waals surface area contributed by atoms with Crippen molar-refractivity contribution in [2.75, 3.05) is 23.4 Å². The van der Waals surface area contributed by atoms with Crippen molar-refractivity contribution >= 4 is 17.6 Å². The fourth-order valence-electron chi connectivity index (χ4n) is 1.90. The Morgan fingerprint density at radius 2 is 2.25 bits per heavy atom. The van der Waals surface area contributed by atoms with E-state index in [-0.39, 0.29) is 12.1 Å². The fraction of sp³-hybridized carbons (Fsp3) is 0.600. The Kier molecular flexibility index (Phi) is 3.09. The summed E-state index contributed by atoms with van der Waals surface area (Å²) >= 11 is 0. The summed E-state index contributed by atoms with van der Waals surface area (Å²) in [5.74, 6) is 1.27. The Labute approximate surface area is 94.4 Å². The van der Waals surface area contributed by atoms with Gasteiger partial charge in [0.15, 0.2) is 0 Å². The molecule has 1 aromatic rings. The zero-order chi connectivity index (χ0) is 11.5. The normalized spacial score (nSPS) is 25.3. The minimum absolute atomic E-state index is 0.197. The summed E-state index contributed by atoms with van der Waals surface area (Å²) in [6.07, 6.45) is 2.21. The maximum absolute atomic E-state index is 5.60. The maximum atomic E-state index is 5.60. The van der Waals surface area contributed by atoms with Crippen LogP contribution in [-0.4, -0.2) is 28.7 Å². The molecule has 2 atom stereocenters. The molecule has 0 amide bonds. The van der Waals surface area contributed by atoms with Gasteiger partial charge in [0.2, 0.25) is 5.95 Å². The lowest BCUT2D eigenvalue weighted by atomic mass is 10.0. The molecule has 0 aliphatic carbocycles. The number of hydrogen-bond donors (Lipinski definition) is 3. The summed E-state index contributed by atoms with van der Waals surface area (Å²) in [4.78, 5) is 7.91. The molecule has 1 aromatic heterocycles. The Bertz CT molecular complexity index is 350. The van der Waals surface area contributed by atoms with Gasteiger partial charge in [0.1, 0.15) is 11.6 Å². The lowest BCUT2D eigenvalue weighted by molar-refractivity contribution is 0.0232. The Balaban J connectivity index is 2.02. The summed E-state index contributed by atoms with van der Waals surface area (Å²) in [6.45, 7) is 2.84. The van der Waals surface area contributed by atoms with E-state index in [1.165, 1.54) is 0 Å². The Hall–Kier alpha value is -1.56. The molecule has 0 spiro atoms. The molecule has 5 N–H and O–H groups in total. The number of nitrogens with zero attached hydrogens (tertiary/aromatic N) is 2. The number of nitrogens with one attached hydrogen (secondary N) is 1. The smallest absolute Gasteiger partial charge is 0.223 e. The van der Waals surface area contributed by atoms with Crippen LogP contribution >= 0.6 is 0 Å². The topological polar surface area (TPSA) is 99.1 Å². The highest BCUT2D eigenvalue weighted by molar-refractivity contribution is 5.48. The van der Waals surface area contributed by atoms with Gasteiger partial charge in [-0.2, -0.15) is 9.97 Å². The van der Waals surface area contributed by atoms with E-state index in [2.05, 4.69) is 22.2 Å². The second-order valence-electron chi connectivity index (χ2n) is 4.08. The first-order valence-electron chi connectivity index (χ1n) is 5.41. The van der Waals surface area contributed by atoms with Crippen LogP contribution in [0.5, 0.6) is 0 Å². The lowest BCUT2D eigenvalue weighted by Gasteiger charge is -2.28. The van der Waals surface area contributed by atoms with Gasteiger partial charge in [0, 0.05) is 18.7 Å². The van der Waals surface area contributed by atoms with Crippen molar-refractivity contribution in [3.05, 3.63) is 6.07 Å². The quantitative estimate of drug-likeness (QED) is 0.679. The first kappa shape index (κ1) is 10.9. The summed E-state index contributed by atoms with van der Waals surface area (Å²) in [5.41, 5.74) is 11.1. The van der Waals surface area contributed by atoms with E-state index >= 15 is 0 Å². The highest BCUT2D eigenvalue weighted by atomic mass is 16.5. The molecule has 2 heterocycles. The van der Waals surface area contributed by atoms with Gasteiger partial charge in [0.25, 0.3) is 0 Å². The monoisotopic (exact) mass is 223 g/mol. The number of nitrogen functional groups attached to an aromatic ring is 2. The van der Waals surface area contributed by atoms with Gasteiger partial charge in [0.05, 0.1) is 6.10 Å². The second kappa shape index (κ2) is 4.52. The summed E-state index contributed by atoms with van der Waals surface area (Å²) in [6, 6.07) is 2.05. The minimum atomic E-state index is 0.197. The third-order valence-electron chi connectivity index (χ3n) is 2.60. The van der Waals surface area contributed by atoms with Crippen molar-refractivity contribution in [2.45, 2.75) is 31.9 Å². The van der Waals surface area contributed by atoms with Gasteiger partial charge >= 0.3 is 0 Å². The molecule has 6 heteroatoms. The van der Waals surface area contributed by atoms with E-state index < -0.39 is 0 Å². The van der Waals surface area contributed by atoms with Gasteiger partial charge in [-0.15, -0.1) is 0 Å². The van der Waals surface area contributed by atoms with Crippen LogP contribution in [0.15, 0.2) is 6.07 Å². The van der Waals surface area contributed by atoms with Crippen LogP contribution in [0.3, 0.4) is 0 Å². The summed E-state index contributed by atoms with van der Waals surface area (Å²) in [7, 11) is 0. The van der Waals surface area contributed by atoms with Gasteiger partial charge in [-0.3, -0.25) is 0 Å². The maximum Gasteiger partial charge on any atom is 0.223 e. The van der Waals surface area contributed by atoms with Crippen molar-refractivity contribution in [3.63, 3.8) is 0 Å². The van der Waals surface area contributed by atoms with Gasteiger partial charge in [-0.05, 0) is 19.8 Å². The largest absolute Gasteiger partial charge is 0.383 e. The van der Waals surface area contributed by atoms with Crippen LogP contribution in [0.25, 0.3) is 0 Å². The SMILES string of the molecule is CC1CC(Nc2cc(N)nc(N)n2)CCO1. The standard InChI is InChI=1S/C10H17N5O/c1-6-4-7(2-3-16-6)13-9-5-8(11)14-10(12)15-9/h5-7H,2-4H2,1H3,(H5,11,12,13,14,15). The number of nitrogens with two attached hydrogens (primary N) is 2. The predicted molar refractivity (Wildman–Crippen MR) is 62.9 cm³/mol. The predicted octanol–water partition coefficient (Wildman–Crippen LogP) is 0.620. The third kappa shape index (κ3) is 2.73. The summed E-state index contributed by atoms with van der Waals surface area (Å²) in [5, 5.41) is 3.30. The molecular formula is C10H17N5O. The minimum Gasteiger partial charge on any atom is -0.383 e. The van der Waals surface area contributed by atoms with E-state index in [0.29, 0.717) is 17.7 Å². The highest BCUT2D eigenvalue weighted by Gasteiger charge is 2.19. The molecule has 2 unspecified atom stereocenters. The first-order chi connectivity index (χ1) is 7.63. The number of ether oxygens (including phenoxy) is 1. The molecule has 88 valence electrons. The van der Waals surface area contributed by atoms with Gasteiger partial charge in [-0.25, -0.2) is 0 Å². The number of hydrogen-bond acceptors (Lipinski definition) is 6. The van der Waals surface area contributed by atoms with E-state index in [4.69, 9.17) is 16.2 Å². The van der Waals surface area contributed by atoms with Crippen LogP contribution in [0, 0.1) is 0 Å². The van der Waals surface area contributed by atoms with Crippen LogP contribution in [0.1, 0.15) is 19.8 Å². The molecule has 0 aromatic carbocycles. The molecule has 16 heavy (non-hydrogen) atoms. The van der Waals surface area contributed by atoms with Crippen LogP contribution < -0.4 is 16.8 Å². The van der Waals surface area contributed by atoms with Gasteiger partial charge in [-0.1, -0.05) is 0 Å². The van der Waals surface area contributed by atoms with Crippen molar-refractivity contribution in [1.82, 2.24) is 9.97 Å². The van der Waals surface area contributed by atoms with Crippen LogP contribution in [-0.2, 0) is 4.74 Å². The molecule has 0 radical (unpaired) electrons. The molecule has 1 saturated heterocycles. The number of aromatic nitrogens is 2. The number of rotatable bonds is 2. The summed E-state index contributed by atoms with van der Waals surface area (Å²) < 4.78 is 5.47. The Morgan fingerprint density at radius 1 is 1.44 bits per heavy atom.